The molecule has 3 rings (SSSR count). The summed E-state index contributed by atoms with van der Waals surface area (Å²) >= 11 is 0. The number of piperazine rings is 1. The van der Waals surface area contributed by atoms with Crippen molar-refractivity contribution in [3.05, 3.63) is 0 Å². The summed E-state index contributed by atoms with van der Waals surface area (Å²) in [6.07, 6.45) is 3.08. The van der Waals surface area contributed by atoms with Gasteiger partial charge in [-0.1, -0.05) is 6.92 Å². The Labute approximate surface area is 157 Å². The highest BCUT2D eigenvalue weighted by Gasteiger charge is 2.28. The lowest BCUT2D eigenvalue weighted by molar-refractivity contribution is -0.141. The van der Waals surface area contributed by atoms with Gasteiger partial charge in [-0.15, -0.1) is 0 Å². The number of piperidine rings is 1. The number of hydrogen-bond acceptors (Lipinski definition) is 5. The number of morpholine rings is 1. The van der Waals surface area contributed by atoms with Gasteiger partial charge in [-0.2, -0.15) is 0 Å². The number of nitrogens with one attached hydrogen (secondary N) is 1. The highest BCUT2D eigenvalue weighted by Crippen LogP contribution is 2.23. The van der Waals surface area contributed by atoms with Crippen molar-refractivity contribution in [3.8, 4) is 0 Å². The second-order valence-electron chi connectivity index (χ2n) is 7.94. The molecule has 0 radical (unpaired) electrons. The van der Waals surface area contributed by atoms with E-state index >= 15 is 0 Å². The van der Waals surface area contributed by atoms with Crippen molar-refractivity contribution in [3.63, 3.8) is 0 Å². The zero-order valence-corrected chi connectivity index (χ0v) is 16.1. The Kier molecular flexibility index (Phi) is 7.28. The van der Waals surface area contributed by atoms with E-state index in [1.54, 1.807) is 0 Å². The van der Waals surface area contributed by atoms with Crippen LogP contribution in [0.4, 0.5) is 0 Å². The van der Waals surface area contributed by atoms with E-state index in [-0.39, 0.29) is 11.8 Å². The van der Waals surface area contributed by atoms with Crippen LogP contribution in [-0.2, 0) is 14.3 Å². The molecule has 0 saturated carbocycles. The van der Waals surface area contributed by atoms with Crippen LogP contribution in [0.25, 0.3) is 0 Å². The number of amides is 2. The van der Waals surface area contributed by atoms with Gasteiger partial charge in [0.25, 0.3) is 0 Å². The van der Waals surface area contributed by atoms with Gasteiger partial charge in [0, 0.05) is 45.7 Å². The second kappa shape index (κ2) is 9.67. The Morgan fingerprint density at radius 1 is 1.04 bits per heavy atom. The molecule has 0 aromatic heterocycles. The molecule has 148 valence electrons. The molecule has 7 heteroatoms. The molecule has 2 atom stereocenters. The maximum absolute atomic E-state index is 12.6. The van der Waals surface area contributed by atoms with Crippen LogP contribution in [0, 0.1) is 11.8 Å². The first-order valence-corrected chi connectivity index (χ1v) is 10.2. The molecule has 3 fully saturated rings. The van der Waals surface area contributed by atoms with E-state index in [9.17, 15) is 9.59 Å². The maximum Gasteiger partial charge on any atom is 0.236 e. The van der Waals surface area contributed by atoms with Gasteiger partial charge in [0.1, 0.15) is 0 Å². The van der Waals surface area contributed by atoms with Crippen LogP contribution in [0.3, 0.4) is 0 Å². The zero-order valence-electron chi connectivity index (χ0n) is 16.1. The monoisotopic (exact) mass is 366 g/mol. The standard InChI is InChI=1S/C19H34N4O3/c1-16(17-3-2-4-20-14-17)13-18(24)22-5-7-23(8-6-22)19(25)15-21-9-11-26-12-10-21/h16-17,20H,2-15H2,1H3. The fraction of sp³-hybridized carbons (Fsp3) is 0.895. The molecule has 7 nitrogen and oxygen atoms in total. The SMILES string of the molecule is CC(CC(=O)N1CCN(C(=O)CN2CCOCC2)CC1)C1CCCNC1. The summed E-state index contributed by atoms with van der Waals surface area (Å²) in [7, 11) is 0. The molecule has 2 amide bonds. The third kappa shape index (κ3) is 5.41. The van der Waals surface area contributed by atoms with E-state index in [1.165, 1.54) is 12.8 Å². The van der Waals surface area contributed by atoms with E-state index in [2.05, 4.69) is 17.1 Å². The number of ether oxygens (including phenoxy) is 1. The van der Waals surface area contributed by atoms with Crippen LogP contribution >= 0.6 is 0 Å². The Balaban J connectivity index is 1.38. The second-order valence-corrected chi connectivity index (χ2v) is 7.94. The molecule has 3 aliphatic heterocycles. The summed E-state index contributed by atoms with van der Waals surface area (Å²) in [6.45, 7) is 10.6. The van der Waals surface area contributed by atoms with E-state index in [4.69, 9.17) is 4.74 Å². The summed E-state index contributed by atoms with van der Waals surface area (Å²) in [5.74, 6) is 1.48. The highest BCUT2D eigenvalue weighted by atomic mass is 16.5. The predicted octanol–water partition coefficient (Wildman–Crippen LogP) is 0.0152. The Morgan fingerprint density at radius 3 is 2.31 bits per heavy atom. The van der Waals surface area contributed by atoms with Crippen molar-refractivity contribution < 1.29 is 14.3 Å². The van der Waals surface area contributed by atoms with Crippen molar-refractivity contribution in [1.29, 1.82) is 0 Å². The molecule has 0 bridgehead atoms. The molecule has 0 aromatic rings. The Hall–Kier alpha value is -1.18. The fourth-order valence-electron chi connectivity index (χ4n) is 4.19. The molecule has 3 saturated heterocycles. The quantitative estimate of drug-likeness (QED) is 0.743. The summed E-state index contributed by atoms with van der Waals surface area (Å²) in [5.41, 5.74) is 0. The van der Waals surface area contributed by atoms with E-state index in [0.29, 0.717) is 64.2 Å². The lowest BCUT2D eigenvalue weighted by Crippen LogP contribution is -2.53. The van der Waals surface area contributed by atoms with Gasteiger partial charge in [0.05, 0.1) is 19.8 Å². The number of carbonyl (C=O) groups excluding carboxylic acids is 2. The molecule has 0 aromatic carbocycles. The third-order valence-corrected chi connectivity index (χ3v) is 6.08. The van der Waals surface area contributed by atoms with E-state index < -0.39 is 0 Å². The molecule has 3 aliphatic rings. The number of nitrogens with zero attached hydrogens (tertiary/aromatic N) is 3. The zero-order chi connectivity index (χ0) is 18.4. The minimum absolute atomic E-state index is 0.181. The Morgan fingerprint density at radius 2 is 1.69 bits per heavy atom. The molecule has 0 aliphatic carbocycles. The first-order valence-electron chi connectivity index (χ1n) is 10.2. The van der Waals surface area contributed by atoms with Gasteiger partial charge in [-0.25, -0.2) is 0 Å². The first-order chi connectivity index (χ1) is 12.6. The van der Waals surface area contributed by atoms with Gasteiger partial charge >= 0.3 is 0 Å². The van der Waals surface area contributed by atoms with Crippen molar-refractivity contribution in [1.82, 2.24) is 20.0 Å². The largest absolute Gasteiger partial charge is 0.379 e. The number of carbonyl (C=O) groups is 2. The van der Waals surface area contributed by atoms with Crippen molar-refractivity contribution in [2.45, 2.75) is 26.2 Å². The van der Waals surface area contributed by atoms with Crippen LogP contribution < -0.4 is 5.32 Å². The van der Waals surface area contributed by atoms with Crippen LogP contribution in [0.15, 0.2) is 0 Å². The summed E-state index contributed by atoms with van der Waals surface area (Å²) in [5, 5.41) is 3.44. The minimum Gasteiger partial charge on any atom is -0.379 e. The lowest BCUT2D eigenvalue weighted by Gasteiger charge is -2.37. The third-order valence-electron chi connectivity index (χ3n) is 6.08. The highest BCUT2D eigenvalue weighted by molar-refractivity contribution is 5.79. The number of hydrogen-bond donors (Lipinski definition) is 1. The predicted molar refractivity (Wildman–Crippen MR) is 99.8 cm³/mol. The van der Waals surface area contributed by atoms with Gasteiger partial charge in [0.15, 0.2) is 0 Å². The molecular weight excluding hydrogens is 332 g/mol. The van der Waals surface area contributed by atoms with E-state index in [1.807, 2.05) is 9.80 Å². The van der Waals surface area contributed by atoms with Crippen molar-refractivity contribution >= 4 is 11.8 Å². The number of rotatable bonds is 5. The van der Waals surface area contributed by atoms with Crippen LogP contribution in [0.1, 0.15) is 26.2 Å². The van der Waals surface area contributed by atoms with Gasteiger partial charge in [-0.3, -0.25) is 14.5 Å². The topological polar surface area (TPSA) is 65.1 Å². The minimum atomic E-state index is 0.181. The summed E-state index contributed by atoms with van der Waals surface area (Å²) in [4.78, 5) is 31.1. The van der Waals surface area contributed by atoms with Gasteiger partial charge < -0.3 is 19.9 Å². The molecule has 0 spiro atoms. The molecule has 3 heterocycles. The fourth-order valence-corrected chi connectivity index (χ4v) is 4.19. The molecule has 1 N–H and O–H groups in total. The smallest absolute Gasteiger partial charge is 0.236 e. The normalized spacial score (nSPS) is 26.6. The van der Waals surface area contributed by atoms with Crippen LogP contribution in [0.2, 0.25) is 0 Å². The molecular formula is C19H34N4O3. The Bertz CT molecular complexity index is 467. The lowest BCUT2D eigenvalue weighted by atomic mass is 9.85. The van der Waals surface area contributed by atoms with Crippen molar-refractivity contribution in [2.24, 2.45) is 11.8 Å². The van der Waals surface area contributed by atoms with Crippen molar-refractivity contribution in [2.75, 3.05) is 72.1 Å². The molecule has 2 unspecified atom stereocenters. The average molecular weight is 367 g/mol. The molecule has 26 heavy (non-hydrogen) atoms. The summed E-state index contributed by atoms with van der Waals surface area (Å²) in [6, 6.07) is 0. The van der Waals surface area contributed by atoms with Crippen LogP contribution in [-0.4, -0.2) is 98.6 Å². The average Bonchev–Trinajstić information content (AvgIpc) is 2.69. The summed E-state index contributed by atoms with van der Waals surface area (Å²) < 4.78 is 5.33. The van der Waals surface area contributed by atoms with Gasteiger partial charge in [0.2, 0.25) is 11.8 Å². The van der Waals surface area contributed by atoms with Gasteiger partial charge in [-0.05, 0) is 37.8 Å². The maximum atomic E-state index is 12.6. The van der Waals surface area contributed by atoms with Crippen LogP contribution in [0.5, 0.6) is 0 Å². The van der Waals surface area contributed by atoms with E-state index in [0.717, 1.165) is 26.2 Å². The first kappa shape index (κ1) is 19.6.